The molecule has 0 bridgehead atoms. The van der Waals surface area contributed by atoms with Gasteiger partial charge < -0.3 is 5.11 Å². The van der Waals surface area contributed by atoms with Gasteiger partial charge in [0, 0.05) is 16.5 Å². The van der Waals surface area contributed by atoms with Gasteiger partial charge >= 0.3 is 0 Å². The molecule has 0 saturated carbocycles. The second kappa shape index (κ2) is 4.28. The lowest BCUT2D eigenvalue weighted by atomic mass is 9.99. The molecule has 1 aromatic heterocycles. The van der Waals surface area contributed by atoms with Crippen LogP contribution in [0.4, 0.5) is 4.39 Å². The molecule has 1 N–H and O–H groups in total. The summed E-state index contributed by atoms with van der Waals surface area (Å²) in [6, 6.07) is 1.51. The minimum atomic E-state index is -0.819. The van der Waals surface area contributed by atoms with E-state index in [0.29, 0.717) is 5.56 Å². The van der Waals surface area contributed by atoms with Crippen LogP contribution in [-0.2, 0) is 0 Å². The summed E-state index contributed by atoms with van der Waals surface area (Å²) in [5, 5.41) is 9.94. The minimum Gasteiger partial charge on any atom is -0.387 e. The molecule has 0 radical (unpaired) electrons. The van der Waals surface area contributed by atoms with Gasteiger partial charge in [0.25, 0.3) is 0 Å². The van der Waals surface area contributed by atoms with Gasteiger partial charge in [-0.2, -0.15) is 11.8 Å². The molecule has 0 fully saturated rings. The van der Waals surface area contributed by atoms with Crippen molar-refractivity contribution in [3.63, 3.8) is 0 Å². The fourth-order valence-electron chi connectivity index (χ4n) is 1.09. The SMILES string of the molecule is CSC(C)(C)C(O)c1ccncc1F. The molecule has 1 unspecified atom stereocenters. The van der Waals surface area contributed by atoms with Gasteiger partial charge in [-0.25, -0.2) is 4.39 Å². The topological polar surface area (TPSA) is 33.1 Å². The van der Waals surface area contributed by atoms with Gasteiger partial charge in [-0.05, 0) is 26.2 Å². The molecule has 4 heteroatoms. The second-order valence-electron chi connectivity index (χ2n) is 3.61. The van der Waals surface area contributed by atoms with Crippen LogP contribution in [0, 0.1) is 5.82 Å². The van der Waals surface area contributed by atoms with E-state index < -0.39 is 16.7 Å². The number of thioether (sulfide) groups is 1. The molecule has 0 aliphatic heterocycles. The van der Waals surface area contributed by atoms with Crippen LogP contribution in [0.2, 0.25) is 0 Å². The van der Waals surface area contributed by atoms with Crippen LogP contribution in [-0.4, -0.2) is 21.1 Å². The van der Waals surface area contributed by atoms with Crippen molar-refractivity contribution in [3.8, 4) is 0 Å². The smallest absolute Gasteiger partial charge is 0.147 e. The van der Waals surface area contributed by atoms with E-state index in [2.05, 4.69) is 4.98 Å². The molecule has 14 heavy (non-hydrogen) atoms. The fourth-order valence-corrected chi connectivity index (χ4v) is 1.44. The van der Waals surface area contributed by atoms with Gasteiger partial charge in [-0.3, -0.25) is 4.98 Å². The van der Waals surface area contributed by atoms with Gasteiger partial charge in [0.1, 0.15) is 5.82 Å². The standard InChI is InChI=1S/C10H14FNOS/c1-10(2,14-3)9(13)7-4-5-12-6-8(7)11/h4-6,9,13H,1-3H3. The van der Waals surface area contributed by atoms with E-state index >= 15 is 0 Å². The summed E-state index contributed by atoms with van der Waals surface area (Å²) >= 11 is 1.50. The minimum absolute atomic E-state index is 0.305. The van der Waals surface area contributed by atoms with Crippen molar-refractivity contribution in [1.82, 2.24) is 4.98 Å². The molecule has 1 atom stereocenters. The summed E-state index contributed by atoms with van der Waals surface area (Å²) in [5.74, 6) is -0.456. The number of aromatic nitrogens is 1. The van der Waals surface area contributed by atoms with Crippen LogP contribution in [0.5, 0.6) is 0 Å². The highest BCUT2D eigenvalue weighted by molar-refractivity contribution is 7.99. The molecule has 0 aromatic carbocycles. The molecule has 1 aromatic rings. The maximum atomic E-state index is 13.3. The highest BCUT2D eigenvalue weighted by Crippen LogP contribution is 2.36. The molecule has 0 spiro atoms. The van der Waals surface area contributed by atoms with Crippen molar-refractivity contribution in [2.45, 2.75) is 24.7 Å². The van der Waals surface area contributed by atoms with Crippen molar-refractivity contribution in [3.05, 3.63) is 29.8 Å². The predicted octanol–water partition coefficient (Wildman–Crippen LogP) is 2.40. The first-order valence-electron chi connectivity index (χ1n) is 4.31. The molecule has 0 saturated heterocycles. The maximum absolute atomic E-state index is 13.3. The van der Waals surface area contributed by atoms with Gasteiger partial charge in [0.05, 0.1) is 12.3 Å². The van der Waals surface area contributed by atoms with E-state index in [1.165, 1.54) is 24.0 Å². The summed E-state index contributed by atoms with van der Waals surface area (Å²) < 4.78 is 12.9. The van der Waals surface area contributed by atoms with Crippen LogP contribution < -0.4 is 0 Å². The Bertz CT molecular complexity index is 317. The molecule has 1 heterocycles. The second-order valence-corrected chi connectivity index (χ2v) is 5.07. The van der Waals surface area contributed by atoms with E-state index in [0.717, 1.165) is 6.20 Å². The van der Waals surface area contributed by atoms with E-state index in [1.54, 1.807) is 0 Å². The first-order valence-corrected chi connectivity index (χ1v) is 5.54. The quantitative estimate of drug-likeness (QED) is 0.840. The molecular formula is C10H14FNOS. The van der Waals surface area contributed by atoms with Crippen LogP contribution in [0.25, 0.3) is 0 Å². The lowest BCUT2D eigenvalue weighted by Crippen LogP contribution is -2.25. The first-order chi connectivity index (χ1) is 6.49. The van der Waals surface area contributed by atoms with Gasteiger partial charge in [0.2, 0.25) is 0 Å². The zero-order valence-electron chi connectivity index (χ0n) is 8.49. The highest BCUT2D eigenvalue weighted by atomic mass is 32.2. The summed E-state index contributed by atoms with van der Waals surface area (Å²) in [4.78, 5) is 3.64. The Balaban J connectivity index is 3.00. The van der Waals surface area contributed by atoms with Crippen molar-refractivity contribution in [2.75, 3.05) is 6.26 Å². The number of pyridine rings is 1. The van der Waals surface area contributed by atoms with Crippen molar-refractivity contribution in [1.29, 1.82) is 0 Å². The third kappa shape index (κ3) is 2.25. The van der Waals surface area contributed by atoms with E-state index in [4.69, 9.17) is 0 Å². The zero-order chi connectivity index (χ0) is 10.8. The average Bonchev–Trinajstić information content (AvgIpc) is 2.17. The number of halogens is 1. The summed E-state index contributed by atoms with van der Waals surface area (Å²) in [6.45, 7) is 3.75. The monoisotopic (exact) mass is 215 g/mol. The summed E-state index contributed by atoms with van der Waals surface area (Å²) in [5.41, 5.74) is 0.305. The van der Waals surface area contributed by atoms with Crippen molar-refractivity contribution >= 4 is 11.8 Å². The Morgan fingerprint density at radius 1 is 1.57 bits per heavy atom. The van der Waals surface area contributed by atoms with Crippen LogP contribution >= 0.6 is 11.8 Å². The molecule has 1 rings (SSSR count). The normalized spacial score (nSPS) is 14.1. The van der Waals surface area contributed by atoms with Crippen LogP contribution in [0.1, 0.15) is 25.5 Å². The molecule has 2 nitrogen and oxygen atoms in total. The Labute approximate surface area is 87.6 Å². The maximum Gasteiger partial charge on any atom is 0.147 e. The predicted molar refractivity (Wildman–Crippen MR) is 56.7 cm³/mol. The lowest BCUT2D eigenvalue weighted by Gasteiger charge is -2.28. The number of hydrogen-bond acceptors (Lipinski definition) is 3. The molecular weight excluding hydrogens is 201 g/mol. The third-order valence-electron chi connectivity index (χ3n) is 2.28. The van der Waals surface area contributed by atoms with Crippen LogP contribution in [0.3, 0.4) is 0 Å². The first kappa shape index (κ1) is 11.5. The number of hydrogen-bond donors (Lipinski definition) is 1. The largest absolute Gasteiger partial charge is 0.387 e. The molecule has 0 aliphatic rings. The molecule has 0 aliphatic carbocycles. The van der Waals surface area contributed by atoms with E-state index in [-0.39, 0.29) is 0 Å². The number of rotatable bonds is 3. The molecule has 0 amide bonds. The summed E-state index contributed by atoms with van der Waals surface area (Å²) in [6.07, 6.45) is 3.68. The van der Waals surface area contributed by atoms with Crippen LogP contribution in [0.15, 0.2) is 18.5 Å². The Hall–Kier alpha value is -0.610. The third-order valence-corrected chi connectivity index (χ3v) is 3.56. The number of nitrogens with zero attached hydrogens (tertiary/aromatic N) is 1. The fraction of sp³-hybridized carbons (Fsp3) is 0.500. The highest BCUT2D eigenvalue weighted by Gasteiger charge is 2.29. The average molecular weight is 215 g/mol. The molecule has 78 valence electrons. The Morgan fingerprint density at radius 2 is 2.21 bits per heavy atom. The van der Waals surface area contributed by atoms with Gasteiger partial charge in [-0.1, -0.05) is 0 Å². The van der Waals surface area contributed by atoms with E-state index in [1.807, 2.05) is 20.1 Å². The van der Waals surface area contributed by atoms with Crippen molar-refractivity contribution < 1.29 is 9.50 Å². The van der Waals surface area contributed by atoms with Gasteiger partial charge in [0.15, 0.2) is 0 Å². The van der Waals surface area contributed by atoms with Gasteiger partial charge in [-0.15, -0.1) is 0 Å². The zero-order valence-corrected chi connectivity index (χ0v) is 9.31. The Morgan fingerprint density at radius 3 is 2.71 bits per heavy atom. The lowest BCUT2D eigenvalue weighted by molar-refractivity contribution is 0.140. The number of aliphatic hydroxyl groups excluding tert-OH is 1. The van der Waals surface area contributed by atoms with E-state index in [9.17, 15) is 9.50 Å². The number of aliphatic hydroxyl groups is 1. The van der Waals surface area contributed by atoms with Crippen molar-refractivity contribution in [2.24, 2.45) is 0 Å². The Kier molecular flexibility index (Phi) is 3.50. The summed E-state index contributed by atoms with van der Waals surface area (Å²) in [7, 11) is 0.